The standard InChI is InChI=1S/C19H17BrF3NO3/c1-11-5-6-14(21)16(17(11)20)18(25)24-7-8-26-15(10-24)12-3-2-4-13(9-12)27-19(22)23/h2-6,9,15,19H,7-8,10H2,1H3. The molecule has 2 aromatic carbocycles. The van der Waals surface area contributed by atoms with E-state index in [4.69, 9.17) is 4.74 Å². The number of amides is 1. The summed E-state index contributed by atoms with van der Waals surface area (Å²) in [6.07, 6.45) is -0.518. The number of halogens is 4. The number of rotatable bonds is 4. The van der Waals surface area contributed by atoms with Gasteiger partial charge in [-0.25, -0.2) is 4.39 Å². The zero-order chi connectivity index (χ0) is 19.6. The van der Waals surface area contributed by atoms with E-state index in [-0.39, 0.29) is 24.5 Å². The first kappa shape index (κ1) is 19.7. The maximum Gasteiger partial charge on any atom is 0.387 e. The molecule has 0 N–H and O–H groups in total. The summed E-state index contributed by atoms with van der Waals surface area (Å²) in [4.78, 5) is 14.4. The van der Waals surface area contributed by atoms with Crippen molar-refractivity contribution in [2.75, 3.05) is 19.7 Å². The monoisotopic (exact) mass is 443 g/mol. The van der Waals surface area contributed by atoms with E-state index in [1.54, 1.807) is 25.1 Å². The van der Waals surface area contributed by atoms with E-state index >= 15 is 0 Å². The summed E-state index contributed by atoms with van der Waals surface area (Å²) in [5.41, 5.74) is 1.33. The highest BCUT2D eigenvalue weighted by Gasteiger charge is 2.29. The highest BCUT2D eigenvalue weighted by Crippen LogP contribution is 2.29. The van der Waals surface area contributed by atoms with Gasteiger partial charge in [0.15, 0.2) is 0 Å². The summed E-state index contributed by atoms with van der Waals surface area (Å²) in [6.45, 7) is -0.412. The normalized spacial score (nSPS) is 17.3. The fourth-order valence-corrected chi connectivity index (χ4v) is 3.43. The number of alkyl halides is 2. The van der Waals surface area contributed by atoms with Gasteiger partial charge in [-0.05, 0) is 52.2 Å². The Hall–Kier alpha value is -2.06. The Balaban J connectivity index is 1.81. The minimum Gasteiger partial charge on any atom is -0.435 e. The molecule has 0 aromatic heterocycles. The molecular weight excluding hydrogens is 427 g/mol. The maximum absolute atomic E-state index is 14.2. The SMILES string of the molecule is Cc1ccc(F)c(C(=O)N2CCOC(c3cccc(OC(F)F)c3)C2)c1Br. The topological polar surface area (TPSA) is 38.8 Å². The van der Waals surface area contributed by atoms with Crippen molar-refractivity contribution in [1.82, 2.24) is 4.90 Å². The Morgan fingerprint density at radius 2 is 2.11 bits per heavy atom. The molecule has 0 aliphatic carbocycles. The molecule has 1 heterocycles. The molecule has 0 bridgehead atoms. The van der Waals surface area contributed by atoms with Crippen LogP contribution in [0.3, 0.4) is 0 Å². The number of hydrogen-bond acceptors (Lipinski definition) is 3. The summed E-state index contributed by atoms with van der Waals surface area (Å²) >= 11 is 3.28. The molecule has 4 nitrogen and oxygen atoms in total. The Labute approximate surface area is 163 Å². The fourth-order valence-electron chi connectivity index (χ4n) is 2.94. The lowest BCUT2D eigenvalue weighted by Crippen LogP contribution is -2.42. The fraction of sp³-hybridized carbons (Fsp3) is 0.316. The summed E-state index contributed by atoms with van der Waals surface area (Å²) in [5.74, 6) is -1.04. The second-order valence-corrected chi connectivity index (χ2v) is 6.91. The Morgan fingerprint density at radius 3 is 2.85 bits per heavy atom. The van der Waals surface area contributed by atoms with Gasteiger partial charge < -0.3 is 14.4 Å². The van der Waals surface area contributed by atoms with E-state index in [1.165, 1.54) is 23.1 Å². The summed E-state index contributed by atoms with van der Waals surface area (Å²) < 4.78 is 49.6. The van der Waals surface area contributed by atoms with Crippen LogP contribution in [0.15, 0.2) is 40.9 Å². The number of ether oxygens (including phenoxy) is 2. The second kappa shape index (κ2) is 8.31. The van der Waals surface area contributed by atoms with E-state index < -0.39 is 24.4 Å². The molecule has 1 unspecified atom stereocenters. The van der Waals surface area contributed by atoms with Gasteiger partial charge in [-0.1, -0.05) is 18.2 Å². The predicted octanol–water partition coefficient (Wildman–Crippen LogP) is 4.71. The summed E-state index contributed by atoms with van der Waals surface area (Å²) in [5, 5.41) is 0. The minimum absolute atomic E-state index is 0.0158. The molecule has 8 heteroatoms. The van der Waals surface area contributed by atoms with Gasteiger partial charge in [0, 0.05) is 11.0 Å². The van der Waals surface area contributed by atoms with Crippen molar-refractivity contribution < 1.29 is 27.4 Å². The van der Waals surface area contributed by atoms with Gasteiger partial charge in [0.05, 0.1) is 18.7 Å². The van der Waals surface area contributed by atoms with Crippen LogP contribution in [0.2, 0.25) is 0 Å². The lowest BCUT2D eigenvalue weighted by Gasteiger charge is -2.33. The van der Waals surface area contributed by atoms with E-state index in [1.807, 2.05) is 0 Å². The third kappa shape index (κ3) is 4.44. The molecule has 1 fully saturated rings. The molecular formula is C19H17BrF3NO3. The van der Waals surface area contributed by atoms with Gasteiger partial charge in [0.25, 0.3) is 5.91 Å². The smallest absolute Gasteiger partial charge is 0.387 e. The van der Waals surface area contributed by atoms with Crippen LogP contribution in [0.1, 0.15) is 27.6 Å². The molecule has 27 heavy (non-hydrogen) atoms. The Kier molecular flexibility index (Phi) is 6.06. The van der Waals surface area contributed by atoms with Crippen LogP contribution < -0.4 is 4.74 Å². The number of benzene rings is 2. The maximum atomic E-state index is 14.2. The van der Waals surface area contributed by atoms with E-state index in [2.05, 4.69) is 20.7 Å². The molecule has 0 saturated carbocycles. The average Bonchev–Trinajstić information content (AvgIpc) is 2.65. The number of carbonyl (C=O) groups is 1. The van der Waals surface area contributed by atoms with Crippen molar-refractivity contribution in [1.29, 1.82) is 0 Å². The van der Waals surface area contributed by atoms with Crippen molar-refractivity contribution >= 4 is 21.8 Å². The Morgan fingerprint density at radius 1 is 1.33 bits per heavy atom. The third-order valence-corrected chi connectivity index (χ3v) is 5.33. The molecule has 2 aromatic rings. The van der Waals surface area contributed by atoms with Gasteiger partial charge >= 0.3 is 6.61 Å². The van der Waals surface area contributed by atoms with Gasteiger partial charge in [0.2, 0.25) is 0 Å². The molecule has 144 valence electrons. The number of morpholine rings is 1. The molecule has 0 radical (unpaired) electrons. The van der Waals surface area contributed by atoms with Crippen molar-refractivity contribution in [2.24, 2.45) is 0 Å². The molecule has 1 saturated heterocycles. The molecule has 1 amide bonds. The molecule has 0 spiro atoms. The van der Waals surface area contributed by atoms with E-state index in [0.717, 1.165) is 5.56 Å². The van der Waals surface area contributed by atoms with Crippen molar-refractivity contribution in [3.05, 3.63) is 63.4 Å². The second-order valence-electron chi connectivity index (χ2n) is 6.11. The van der Waals surface area contributed by atoms with Crippen LogP contribution in [0.25, 0.3) is 0 Å². The predicted molar refractivity (Wildman–Crippen MR) is 96.5 cm³/mol. The largest absolute Gasteiger partial charge is 0.435 e. The zero-order valence-corrected chi connectivity index (χ0v) is 16.0. The van der Waals surface area contributed by atoms with Crippen molar-refractivity contribution in [2.45, 2.75) is 19.6 Å². The first-order valence-electron chi connectivity index (χ1n) is 8.27. The summed E-state index contributed by atoms with van der Waals surface area (Å²) in [7, 11) is 0. The van der Waals surface area contributed by atoms with Gasteiger partial charge in [-0.15, -0.1) is 0 Å². The molecule has 1 atom stereocenters. The molecule has 1 aliphatic rings. The van der Waals surface area contributed by atoms with Crippen LogP contribution in [0.4, 0.5) is 13.2 Å². The van der Waals surface area contributed by atoms with Crippen LogP contribution >= 0.6 is 15.9 Å². The molecule has 1 aliphatic heterocycles. The number of aryl methyl sites for hydroxylation is 1. The first-order valence-corrected chi connectivity index (χ1v) is 9.06. The molecule has 3 rings (SSSR count). The van der Waals surface area contributed by atoms with Gasteiger partial charge in [-0.3, -0.25) is 4.79 Å². The van der Waals surface area contributed by atoms with Crippen LogP contribution in [-0.2, 0) is 4.74 Å². The number of hydrogen-bond donors (Lipinski definition) is 0. The van der Waals surface area contributed by atoms with Crippen molar-refractivity contribution in [3.63, 3.8) is 0 Å². The van der Waals surface area contributed by atoms with E-state index in [0.29, 0.717) is 16.6 Å². The third-order valence-electron chi connectivity index (χ3n) is 4.31. The lowest BCUT2D eigenvalue weighted by atomic mass is 10.1. The van der Waals surface area contributed by atoms with E-state index in [9.17, 15) is 18.0 Å². The van der Waals surface area contributed by atoms with Gasteiger partial charge in [-0.2, -0.15) is 8.78 Å². The minimum atomic E-state index is -2.92. The summed E-state index contributed by atoms with van der Waals surface area (Å²) in [6, 6.07) is 9.01. The number of nitrogens with zero attached hydrogens (tertiary/aromatic N) is 1. The highest BCUT2D eigenvalue weighted by molar-refractivity contribution is 9.10. The van der Waals surface area contributed by atoms with Crippen LogP contribution in [-0.4, -0.2) is 37.1 Å². The van der Waals surface area contributed by atoms with Gasteiger partial charge in [0.1, 0.15) is 17.7 Å². The van der Waals surface area contributed by atoms with Crippen molar-refractivity contribution in [3.8, 4) is 5.75 Å². The van der Waals surface area contributed by atoms with Crippen LogP contribution in [0.5, 0.6) is 5.75 Å². The Bertz CT molecular complexity index is 847. The highest BCUT2D eigenvalue weighted by atomic mass is 79.9. The van der Waals surface area contributed by atoms with Crippen LogP contribution in [0, 0.1) is 12.7 Å². The number of carbonyl (C=O) groups excluding carboxylic acids is 1. The average molecular weight is 444 g/mol. The first-order chi connectivity index (χ1) is 12.9. The lowest BCUT2D eigenvalue weighted by molar-refractivity contribution is -0.0504. The zero-order valence-electron chi connectivity index (χ0n) is 14.4. The quantitative estimate of drug-likeness (QED) is 0.686.